The molecular weight excluding hydrogens is 602 g/mol. The van der Waals surface area contributed by atoms with Gasteiger partial charge in [0.25, 0.3) is 5.91 Å². The van der Waals surface area contributed by atoms with E-state index in [1.165, 1.54) is 12.8 Å². The molecule has 4 aromatic rings. The highest BCUT2D eigenvalue weighted by Gasteiger charge is 2.24. The van der Waals surface area contributed by atoms with Crippen molar-refractivity contribution >= 4 is 21.7 Å². The van der Waals surface area contributed by atoms with E-state index in [1.54, 1.807) is 12.1 Å². The Kier molecular flexibility index (Phi) is 16.0. The molecule has 0 saturated heterocycles. The predicted octanol–water partition coefficient (Wildman–Crippen LogP) is 8.09. The van der Waals surface area contributed by atoms with Gasteiger partial charge in [0, 0.05) is 17.4 Å². The fraction of sp³-hybridized carbons (Fsp3) is 0.351. The number of unbranched alkanes of at least 4 members (excludes halogenated alkanes) is 1. The second-order valence-electron chi connectivity index (χ2n) is 10.6. The number of amides is 1. The van der Waals surface area contributed by atoms with Gasteiger partial charge in [0.05, 0.1) is 12.4 Å². The van der Waals surface area contributed by atoms with Gasteiger partial charge in [-0.05, 0) is 59.9 Å². The van der Waals surface area contributed by atoms with Crippen molar-refractivity contribution in [3.8, 4) is 22.5 Å². The van der Waals surface area contributed by atoms with Crippen LogP contribution >= 0.6 is 0 Å². The molecule has 0 aliphatic carbocycles. The van der Waals surface area contributed by atoms with Gasteiger partial charge in [-0.2, -0.15) is 0 Å². The largest absolute Gasteiger partial charge is 0.480 e. The number of ether oxygens (including phenoxy) is 1. The lowest BCUT2D eigenvalue weighted by atomic mass is 9.93. The van der Waals surface area contributed by atoms with E-state index < -0.39 is 27.8 Å². The molecule has 2 N–H and O–H groups in total. The lowest BCUT2D eigenvalue weighted by molar-refractivity contribution is -0.139. The molecule has 1 aromatic heterocycles. The Bertz CT molecular complexity index is 1630. The third-order valence-corrected chi connectivity index (χ3v) is 7.85. The number of hydrogen-bond acceptors (Lipinski definition) is 6. The first-order valence-electron chi connectivity index (χ1n) is 15.6. The summed E-state index contributed by atoms with van der Waals surface area (Å²) in [6.45, 7) is 10.8. The fourth-order valence-electron chi connectivity index (χ4n) is 4.28. The summed E-state index contributed by atoms with van der Waals surface area (Å²) in [5.74, 6) is -0.813. The summed E-state index contributed by atoms with van der Waals surface area (Å²) >= 11 is 0. The van der Waals surface area contributed by atoms with Crippen molar-refractivity contribution in [3.63, 3.8) is 0 Å². The third kappa shape index (κ3) is 12.3. The molecule has 8 nitrogen and oxygen atoms in total. The summed E-state index contributed by atoms with van der Waals surface area (Å²) in [5, 5.41) is 12.1. The molecule has 4 rings (SSSR count). The van der Waals surface area contributed by atoms with Crippen molar-refractivity contribution in [2.24, 2.45) is 0 Å². The summed E-state index contributed by atoms with van der Waals surface area (Å²) in [5.41, 5.74) is 4.44. The van der Waals surface area contributed by atoms with E-state index in [4.69, 9.17) is 9.15 Å². The Balaban J connectivity index is 0.00000114. The van der Waals surface area contributed by atoms with Crippen molar-refractivity contribution in [2.45, 2.75) is 73.1 Å². The van der Waals surface area contributed by atoms with E-state index in [9.17, 15) is 23.1 Å². The molecule has 0 bridgehead atoms. The maximum Gasteiger partial charge on any atom is 0.326 e. The molecule has 3 aromatic carbocycles. The highest BCUT2D eigenvalue weighted by Crippen LogP contribution is 2.29. The van der Waals surface area contributed by atoms with E-state index in [1.807, 2.05) is 93.6 Å². The van der Waals surface area contributed by atoms with Gasteiger partial charge in [-0.1, -0.05) is 101 Å². The van der Waals surface area contributed by atoms with Crippen LogP contribution in [0.2, 0.25) is 0 Å². The SMILES string of the molecule is CC.CCCC.Cc1ccccc1-c1cc(COCc2ccc(-c3ccccc3)o2)ccc1C(=O)NC(CCS(C)(=O)=O)C(=O)O. The van der Waals surface area contributed by atoms with Crippen LogP contribution in [0.5, 0.6) is 0 Å². The second-order valence-corrected chi connectivity index (χ2v) is 12.9. The van der Waals surface area contributed by atoms with E-state index in [0.29, 0.717) is 11.3 Å². The molecule has 0 aliphatic rings. The summed E-state index contributed by atoms with van der Waals surface area (Å²) in [6, 6.07) is 25.0. The number of carbonyl (C=O) groups is 2. The van der Waals surface area contributed by atoms with Gasteiger partial charge in [0.1, 0.15) is 34.0 Å². The number of rotatable bonds is 13. The number of furan rings is 1. The van der Waals surface area contributed by atoms with Crippen LogP contribution in [0.3, 0.4) is 0 Å². The van der Waals surface area contributed by atoms with E-state index in [2.05, 4.69) is 19.2 Å². The lowest BCUT2D eigenvalue weighted by Gasteiger charge is -2.17. The van der Waals surface area contributed by atoms with Gasteiger partial charge in [-0.25, -0.2) is 13.2 Å². The minimum atomic E-state index is -3.39. The minimum absolute atomic E-state index is 0.232. The Morgan fingerprint density at radius 3 is 2.13 bits per heavy atom. The molecule has 0 fully saturated rings. The number of carboxylic acid groups (broad SMARTS) is 1. The van der Waals surface area contributed by atoms with Crippen LogP contribution in [0.15, 0.2) is 89.3 Å². The first-order valence-corrected chi connectivity index (χ1v) is 17.7. The van der Waals surface area contributed by atoms with Crippen LogP contribution < -0.4 is 5.32 Å². The van der Waals surface area contributed by atoms with Crippen LogP contribution in [0.4, 0.5) is 0 Å². The lowest BCUT2D eigenvalue weighted by Crippen LogP contribution is -2.42. The summed E-state index contributed by atoms with van der Waals surface area (Å²) in [6.07, 6.45) is 3.43. The van der Waals surface area contributed by atoms with Crippen molar-refractivity contribution in [2.75, 3.05) is 12.0 Å². The van der Waals surface area contributed by atoms with Gasteiger partial charge in [-0.15, -0.1) is 0 Å². The van der Waals surface area contributed by atoms with Gasteiger partial charge in [0.15, 0.2) is 0 Å². The molecule has 248 valence electrons. The number of benzene rings is 3. The van der Waals surface area contributed by atoms with Gasteiger partial charge < -0.3 is 19.6 Å². The van der Waals surface area contributed by atoms with Crippen LogP contribution in [0.1, 0.15) is 74.2 Å². The number of carboxylic acids is 1. The number of sulfone groups is 1. The molecule has 1 heterocycles. The standard InChI is InChI=1S/C31H31NO7S.C4H10.C2H6/c1-21-8-6-7-11-25(21)27-18-22(19-38-20-24-13-15-29(39-24)23-9-4-3-5-10-23)12-14-26(27)30(33)32-28(31(34)35)16-17-40(2,36)37;1-3-4-2;1-2/h3-15,18,28H,16-17,19-20H2,1-2H3,(H,32,33)(H,34,35);3-4H2,1-2H3;1-2H3. The molecule has 1 atom stereocenters. The molecular formula is C37H47NO7S. The molecule has 0 spiro atoms. The van der Waals surface area contributed by atoms with E-state index in [-0.39, 0.29) is 31.0 Å². The second kappa shape index (κ2) is 19.3. The summed E-state index contributed by atoms with van der Waals surface area (Å²) in [4.78, 5) is 25.0. The molecule has 0 radical (unpaired) electrons. The van der Waals surface area contributed by atoms with Crippen LogP contribution in [0.25, 0.3) is 22.5 Å². The molecule has 9 heteroatoms. The van der Waals surface area contributed by atoms with Gasteiger partial charge in [0.2, 0.25) is 0 Å². The average molecular weight is 650 g/mol. The summed E-state index contributed by atoms with van der Waals surface area (Å²) < 4.78 is 34.9. The molecule has 0 saturated carbocycles. The maximum absolute atomic E-state index is 13.3. The molecule has 46 heavy (non-hydrogen) atoms. The number of aliphatic carboxylic acids is 1. The first kappa shape index (κ1) is 38.0. The zero-order chi connectivity index (χ0) is 34.1. The van der Waals surface area contributed by atoms with Gasteiger partial charge in [-0.3, -0.25) is 4.79 Å². The Morgan fingerprint density at radius 2 is 1.52 bits per heavy atom. The van der Waals surface area contributed by atoms with Crippen molar-refractivity contribution < 1.29 is 32.3 Å². The normalized spacial score (nSPS) is 11.3. The Morgan fingerprint density at radius 1 is 0.870 bits per heavy atom. The van der Waals surface area contributed by atoms with Crippen LogP contribution in [-0.4, -0.2) is 43.5 Å². The zero-order valence-corrected chi connectivity index (χ0v) is 28.5. The molecule has 1 amide bonds. The third-order valence-electron chi connectivity index (χ3n) is 6.88. The maximum atomic E-state index is 13.3. The Hall–Kier alpha value is -4.21. The highest BCUT2D eigenvalue weighted by atomic mass is 32.2. The smallest absolute Gasteiger partial charge is 0.326 e. The summed E-state index contributed by atoms with van der Waals surface area (Å²) in [7, 11) is -3.39. The van der Waals surface area contributed by atoms with Crippen molar-refractivity contribution in [1.82, 2.24) is 5.32 Å². The fourth-order valence-corrected chi connectivity index (χ4v) is 4.95. The average Bonchev–Trinajstić information content (AvgIpc) is 3.53. The van der Waals surface area contributed by atoms with Crippen LogP contribution in [-0.2, 0) is 32.6 Å². The topological polar surface area (TPSA) is 123 Å². The van der Waals surface area contributed by atoms with E-state index in [0.717, 1.165) is 34.3 Å². The highest BCUT2D eigenvalue weighted by molar-refractivity contribution is 7.90. The van der Waals surface area contributed by atoms with Gasteiger partial charge >= 0.3 is 5.97 Å². The monoisotopic (exact) mass is 649 g/mol. The van der Waals surface area contributed by atoms with E-state index >= 15 is 0 Å². The molecule has 1 unspecified atom stereocenters. The predicted molar refractivity (Wildman–Crippen MR) is 184 cm³/mol. The Labute approximate surface area is 273 Å². The quantitative estimate of drug-likeness (QED) is 0.150. The number of aryl methyl sites for hydroxylation is 1. The number of hydrogen-bond donors (Lipinski definition) is 2. The number of nitrogens with one attached hydrogen (secondary N) is 1. The first-order chi connectivity index (χ1) is 22.0. The molecule has 0 aliphatic heterocycles. The van der Waals surface area contributed by atoms with Crippen molar-refractivity contribution in [3.05, 3.63) is 107 Å². The van der Waals surface area contributed by atoms with Crippen molar-refractivity contribution in [1.29, 1.82) is 0 Å². The zero-order valence-electron chi connectivity index (χ0n) is 27.7. The van der Waals surface area contributed by atoms with Crippen LogP contribution in [0, 0.1) is 6.92 Å². The number of carbonyl (C=O) groups excluding carboxylic acids is 1. The minimum Gasteiger partial charge on any atom is -0.480 e.